The normalized spacial score (nSPS) is 18.6. The van der Waals surface area contributed by atoms with Crippen LogP contribution in [0.3, 0.4) is 0 Å². The van der Waals surface area contributed by atoms with Crippen molar-refractivity contribution in [3.8, 4) is 0 Å². The Morgan fingerprint density at radius 1 is 1.45 bits per heavy atom. The Hall–Kier alpha value is -2.01. The molecule has 0 spiro atoms. The summed E-state index contributed by atoms with van der Waals surface area (Å²) in [5, 5.41) is 3.99. The van der Waals surface area contributed by atoms with Crippen LogP contribution in [0, 0.1) is 0 Å². The number of hydrogen-bond acceptors (Lipinski definition) is 3. The van der Waals surface area contributed by atoms with Crippen LogP contribution in [-0.4, -0.2) is 36.7 Å². The van der Waals surface area contributed by atoms with E-state index in [-0.39, 0.29) is 12.1 Å². The lowest BCUT2D eigenvalue weighted by molar-refractivity contribution is 0.0164. The molecule has 1 fully saturated rings. The van der Waals surface area contributed by atoms with Crippen molar-refractivity contribution in [1.82, 2.24) is 10.2 Å². The molecule has 1 aromatic carbocycles. The van der Waals surface area contributed by atoms with Crippen LogP contribution in [-0.2, 0) is 11.3 Å². The highest BCUT2D eigenvalue weighted by molar-refractivity contribution is 5.78. The third-order valence-electron chi connectivity index (χ3n) is 3.96. The number of nitrogens with one attached hydrogen (secondary N) is 1. The summed E-state index contributed by atoms with van der Waals surface area (Å²) >= 11 is 0. The van der Waals surface area contributed by atoms with Gasteiger partial charge in [-0.2, -0.15) is 0 Å². The summed E-state index contributed by atoms with van der Waals surface area (Å²) in [6, 6.07) is 9.76. The molecule has 0 aliphatic carbocycles. The minimum atomic E-state index is -0.0511. The Morgan fingerprint density at radius 2 is 2.32 bits per heavy atom. The van der Waals surface area contributed by atoms with E-state index < -0.39 is 0 Å². The largest absolute Gasteiger partial charge is 0.459 e. The monoisotopic (exact) mass is 302 g/mol. The highest BCUT2D eigenvalue weighted by Crippen LogP contribution is 2.19. The quantitative estimate of drug-likeness (QED) is 0.944. The molecule has 1 aliphatic rings. The van der Waals surface area contributed by atoms with E-state index in [2.05, 4.69) is 5.32 Å². The van der Waals surface area contributed by atoms with Crippen molar-refractivity contribution in [1.29, 1.82) is 0 Å². The van der Waals surface area contributed by atoms with E-state index in [1.54, 1.807) is 0 Å². The van der Waals surface area contributed by atoms with Crippen LogP contribution in [0.4, 0.5) is 4.79 Å². The molecule has 2 aromatic rings. The summed E-state index contributed by atoms with van der Waals surface area (Å²) in [7, 11) is 0. The number of ether oxygens (including phenoxy) is 1. The summed E-state index contributed by atoms with van der Waals surface area (Å²) in [5.41, 5.74) is 0.848. The van der Waals surface area contributed by atoms with Gasteiger partial charge in [0.05, 0.1) is 12.6 Å². The maximum Gasteiger partial charge on any atom is 0.317 e. The van der Waals surface area contributed by atoms with Crippen LogP contribution in [0.1, 0.15) is 25.5 Å². The second kappa shape index (κ2) is 6.83. The van der Waals surface area contributed by atoms with Crippen LogP contribution in [0.25, 0.3) is 11.0 Å². The van der Waals surface area contributed by atoms with Gasteiger partial charge in [-0.25, -0.2) is 4.79 Å². The van der Waals surface area contributed by atoms with Crippen molar-refractivity contribution < 1.29 is 13.9 Å². The minimum Gasteiger partial charge on any atom is -0.459 e. The van der Waals surface area contributed by atoms with E-state index >= 15 is 0 Å². The van der Waals surface area contributed by atoms with Crippen LogP contribution in [0.2, 0.25) is 0 Å². The molecule has 1 saturated heterocycles. The fourth-order valence-corrected chi connectivity index (χ4v) is 2.89. The number of rotatable bonds is 4. The number of benzene rings is 1. The maximum absolute atomic E-state index is 12.3. The van der Waals surface area contributed by atoms with Gasteiger partial charge in [-0.15, -0.1) is 0 Å². The summed E-state index contributed by atoms with van der Waals surface area (Å²) in [5.74, 6) is 0.771. The molecule has 1 aromatic heterocycles. The number of urea groups is 1. The fraction of sp³-hybridized carbons (Fsp3) is 0.471. The minimum absolute atomic E-state index is 0.0511. The Morgan fingerprint density at radius 3 is 3.14 bits per heavy atom. The lowest BCUT2D eigenvalue weighted by atomic mass is 10.1. The number of carbonyl (C=O) groups is 1. The highest BCUT2D eigenvalue weighted by Gasteiger charge is 2.23. The highest BCUT2D eigenvalue weighted by atomic mass is 16.5. The molecule has 0 radical (unpaired) electrons. The molecule has 1 unspecified atom stereocenters. The Labute approximate surface area is 130 Å². The molecule has 3 rings (SSSR count). The van der Waals surface area contributed by atoms with Gasteiger partial charge in [-0.1, -0.05) is 18.2 Å². The zero-order valence-electron chi connectivity index (χ0n) is 12.9. The Bertz CT molecular complexity index is 603. The SMILES string of the molecule is CCOC1CCCN(C(=O)NCc2cc3ccccc3o2)C1. The molecule has 118 valence electrons. The molecule has 2 heterocycles. The predicted molar refractivity (Wildman–Crippen MR) is 84.7 cm³/mol. The summed E-state index contributed by atoms with van der Waals surface area (Å²) in [6.45, 7) is 4.54. The average molecular weight is 302 g/mol. The van der Waals surface area contributed by atoms with Gasteiger partial charge in [0.25, 0.3) is 0 Å². The van der Waals surface area contributed by atoms with Gasteiger partial charge in [0.2, 0.25) is 0 Å². The first-order chi connectivity index (χ1) is 10.8. The zero-order valence-corrected chi connectivity index (χ0v) is 12.9. The van der Waals surface area contributed by atoms with Crippen molar-refractivity contribution in [2.45, 2.75) is 32.4 Å². The van der Waals surface area contributed by atoms with Gasteiger partial charge in [-0.05, 0) is 31.9 Å². The number of piperidine rings is 1. The van der Waals surface area contributed by atoms with E-state index in [4.69, 9.17) is 9.15 Å². The molecule has 22 heavy (non-hydrogen) atoms. The molecule has 5 nitrogen and oxygen atoms in total. The zero-order chi connectivity index (χ0) is 15.4. The van der Waals surface area contributed by atoms with Gasteiger partial charge in [0.15, 0.2) is 0 Å². The smallest absolute Gasteiger partial charge is 0.317 e. The lowest BCUT2D eigenvalue weighted by Crippen LogP contribution is -2.47. The third-order valence-corrected chi connectivity index (χ3v) is 3.96. The topological polar surface area (TPSA) is 54.7 Å². The molecule has 5 heteroatoms. The van der Waals surface area contributed by atoms with Crippen molar-refractivity contribution in [2.24, 2.45) is 0 Å². The van der Waals surface area contributed by atoms with E-state index in [0.29, 0.717) is 19.7 Å². The van der Waals surface area contributed by atoms with E-state index in [1.165, 1.54) is 0 Å². The standard InChI is InChI=1S/C17H22N2O3/c1-2-21-14-7-5-9-19(12-14)17(20)18-11-15-10-13-6-3-4-8-16(13)22-15/h3-4,6,8,10,14H,2,5,7,9,11-12H2,1H3,(H,18,20). The molecule has 1 N–H and O–H groups in total. The van der Waals surface area contributed by atoms with Crippen LogP contribution in [0.15, 0.2) is 34.7 Å². The van der Waals surface area contributed by atoms with E-state index in [1.807, 2.05) is 42.2 Å². The number of para-hydroxylation sites is 1. The number of furan rings is 1. The molecular formula is C17H22N2O3. The molecular weight excluding hydrogens is 280 g/mol. The van der Waals surface area contributed by atoms with Crippen LogP contribution < -0.4 is 5.32 Å². The second-order valence-electron chi connectivity index (χ2n) is 5.57. The van der Waals surface area contributed by atoms with Crippen molar-refractivity contribution in [2.75, 3.05) is 19.7 Å². The number of likely N-dealkylation sites (tertiary alicyclic amines) is 1. The van der Waals surface area contributed by atoms with E-state index in [9.17, 15) is 4.79 Å². The first-order valence-corrected chi connectivity index (χ1v) is 7.88. The van der Waals surface area contributed by atoms with Gasteiger partial charge in [0, 0.05) is 25.1 Å². The van der Waals surface area contributed by atoms with Crippen molar-refractivity contribution >= 4 is 17.0 Å². The first-order valence-electron chi connectivity index (χ1n) is 7.88. The Balaban J connectivity index is 1.55. The Kier molecular flexibility index (Phi) is 4.63. The molecule has 1 aliphatic heterocycles. The van der Waals surface area contributed by atoms with Gasteiger partial charge in [0.1, 0.15) is 11.3 Å². The van der Waals surface area contributed by atoms with Crippen molar-refractivity contribution in [3.63, 3.8) is 0 Å². The van der Waals surface area contributed by atoms with Gasteiger partial charge < -0.3 is 19.4 Å². The number of hydrogen-bond donors (Lipinski definition) is 1. The predicted octanol–water partition coefficient (Wildman–Crippen LogP) is 3.14. The lowest BCUT2D eigenvalue weighted by Gasteiger charge is -2.32. The first kappa shape index (κ1) is 14.9. The van der Waals surface area contributed by atoms with Crippen molar-refractivity contribution in [3.05, 3.63) is 36.1 Å². The summed E-state index contributed by atoms with van der Waals surface area (Å²) in [6.07, 6.45) is 2.18. The number of fused-ring (bicyclic) bond motifs is 1. The summed E-state index contributed by atoms with van der Waals surface area (Å²) < 4.78 is 11.3. The number of carbonyl (C=O) groups excluding carboxylic acids is 1. The molecule has 1 atom stereocenters. The average Bonchev–Trinajstić information content (AvgIpc) is 2.96. The number of amides is 2. The molecule has 0 bridgehead atoms. The van der Waals surface area contributed by atoms with Crippen LogP contribution >= 0.6 is 0 Å². The van der Waals surface area contributed by atoms with Gasteiger partial charge >= 0.3 is 6.03 Å². The summed E-state index contributed by atoms with van der Waals surface area (Å²) in [4.78, 5) is 14.1. The maximum atomic E-state index is 12.3. The third kappa shape index (κ3) is 3.42. The van der Waals surface area contributed by atoms with Gasteiger partial charge in [-0.3, -0.25) is 0 Å². The van der Waals surface area contributed by atoms with Crippen LogP contribution in [0.5, 0.6) is 0 Å². The molecule has 2 amide bonds. The second-order valence-corrected chi connectivity index (χ2v) is 5.57. The molecule has 0 saturated carbocycles. The number of nitrogens with zero attached hydrogens (tertiary/aromatic N) is 1. The van der Waals surface area contributed by atoms with E-state index in [0.717, 1.165) is 36.1 Å². The fourth-order valence-electron chi connectivity index (χ4n) is 2.89.